The molecule has 1 atom stereocenters. The van der Waals surface area contributed by atoms with Gasteiger partial charge in [0.2, 0.25) is 10.0 Å². The second-order valence-electron chi connectivity index (χ2n) is 4.14. The van der Waals surface area contributed by atoms with E-state index >= 15 is 0 Å². The first-order valence-electron chi connectivity index (χ1n) is 5.57. The largest absolute Gasteiger partial charge is 0.234 e. The molecule has 0 heterocycles. The molecule has 1 N–H and O–H groups in total. The van der Waals surface area contributed by atoms with Crippen LogP contribution in [0.15, 0.2) is 29.7 Å². The molecule has 0 radical (unpaired) electrons. The zero-order valence-corrected chi connectivity index (χ0v) is 11.2. The minimum Gasteiger partial charge on any atom is -0.208 e. The lowest BCUT2D eigenvalue weighted by Gasteiger charge is -2.07. The van der Waals surface area contributed by atoms with Crippen molar-refractivity contribution in [2.45, 2.75) is 26.3 Å². The summed E-state index contributed by atoms with van der Waals surface area (Å²) >= 11 is 0. The average molecular weight is 264 g/mol. The number of nitrogens with one attached hydrogen (secondary N) is 1. The van der Waals surface area contributed by atoms with Crippen molar-refractivity contribution in [3.8, 4) is 6.07 Å². The third-order valence-corrected chi connectivity index (χ3v) is 3.51. The van der Waals surface area contributed by atoms with E-state index in [1.165, 1.54) is 6.08 Å². The van der Waals surface area contributed by atoms with Gasteiger partial charge in [-0.05, 0) is 25.5 Å². The Labute approximate surface area is 108 Å². The van der Waals surface area contributed by atoms with Gasteiger partial charge in [0, 0.05) is 11.4 Å². The van der Waals surface area contributed by atoms with E-state index < -0.39 is 10.0 Å². The first-order valence-corrected chi connectivity index (χ1v) is 7.11. The van der Waals surface area contributed by atoms with Crippen LogP contribution in [0.25, 0.3) is 6.08 Å². The van der Waals surface area contributed by atoms with Crippen molar-refractivity contribution < 1.29 is 8.42 Å². The molecular weight excluding hydrogens is 248 g/mol. The van der Waals surface area contributed by atoms with Crippen molar-refractivity contribution in [3.05, 3.63) is 40.8 Å². The number of nitriles is 1. The maximum absolute atomic E-state index is 11.6. The number of rotatable bonds is 5. The van der Waals surface area contributed by atoms with Crippen LogP contribution in [0.5, 0.6) is 0 Å². The summed E-state index contributed by atoms with van der Waals surface area (Å²) in [5, 5.41) is 9.58. The van der Waals surface area contributed by atoms with Gasteiger partial charge in [-0.1, -0.05) is 29.8 Å². The van der Waals surface area contributed by atoms with Crippen LogP contribution in [-0.4, -0.2) is 14.5 Å². The molecule has 96 valence electrons. The molecule has 0 aromatic heterocycles. The van der Waals surface area contributed by atoms with E-state index in [2.05, 4.69) is 4.72 Å². The molecule has 0 saturated carbocycles. The summed E-state index contributed by atoms with van der Waals surface area (Å²) in [5.74, 6) is 0. The van der Waals surface area contributed by atoms with Crippen molar-refractivity contribution >= 4 is 16.1 Å². The highest BCUT2D eigenvalue weighted by atomic mass is 32.2. The van der Waals surface area contributed by atoms with Crippen LogP contribution < -0.4 is 4.72 Å². The Morgan fingerprint density at radius 2 is 2.00 bits per heavy atom. The summed E-state index contributed by atoms with van der Waals surface area (Å²) in [7, 11) is -3.49. The molecule has 18 heavy (non-hydrogen) atoms. The minimum absolute atomic E-state index is 0.150. The summed E-state index contributed by atoms with van der Waals surface area (Å²) in [5.41, 5.74) is 1.94. The molecular formula is C13H16N2O2S. The van der Waals surface area contributed by atoms with E-state index in [1.807, 2.05) is 37.3 Å². The van der Waals surface area contributed by atoms with Crippen molar-refractivity contribution in [1.82, 2.24) is 4.72 Å². The van der Waals surface area contributed by atoms with Gasteiger partial charge in [0.15, 0.2) is 0 Å². The van der Waals surface area contributed by atoms with Crippen LogP contribution in [0.2, 0.25) is 0 Å². The predicted molar refractivity (Wildman–Crippen MR) is 72.0 cm³/mol. The molecule has 0 bridgehead atoms. The van der Waals surface area contributed by atoms with Gasteiger partial charge in [0.05, 0.1) is 12.5 Å². The molecule has 1 aromatic carbocycles. The monoisotopic (exact) mass is 264 g/mol. The van der Waals surface area contributed by atoms with Gasteiger partial charge >= 0.3 is 0 Å². The van der Waals surface area contributed by atoms with E-state index in [0.29, 0.717) is 0 Å². The molecule has 4 nitrogen and oxygen atoms in total. The lowest BCUT2D eigenvalue weighted by molar-refractivity contribution is 0.572. The SMILES string of the molecule is Cc1ccc(/C=C\S(=O)(=O)N[C@@H](C)CC#N)cc1. The van der Waals surface area contributed by atoms with Gasteiger partial charge < -0.3 is 0 Å². The Morgan fingerprint density at radius 1 is 1.39 bits per heavy atom. The quantitative estimate of drug-likeness (QED) is 0.886. The van der Waals surface area contributed by atoms with Crippen LogP contribution in [0, 0.1) is 18.3 Å². The van der Waals surface area contributed by atoms with Crippen LogP contribution in [-0.2, 0) is 10.0 Å². The van der Waals surface area contributed by atoms with Gasteiger partial charge in [-0.15, -0.1) is 0 Å². The van der Waals surface area contributed by atoms with Crippen LogP contribution >= 0.6 is 0 Å². The molecule has 1 rings (SSSR count). The summed E-state index contributed by atoms with van der Waals surface area (Å²) < 4.78 is 25.7. The molecule has 0 fully saturated rings. The Balaban J connectivity index is 2.71. The molecule has 0 saturated heterocycles. The Morgan fingerprint density at radius 3 is 2.56 bits per heavy atom. The second kappa shape index (κ2) is 6.34. The van der Waals surface area contributed by atoms with Crippen LogP contribution in [0.1, 0.15) is 24.5 Å². The lowest BCUT2D eigenvalue weighted by Crippen LogP contribution is -2.30. The first kappa shape index (κ1) is 14.4. The van der Waals surface area contributed by atoms with Crippen molar-refractivity contribution in [2.75, 3.05) is 0 Å². The van der Waals surface area contributed by atoms with E-state index in [0.717, 1.165) is 16.5 Å². The maximum Gasteiger partial charge on any atom is 0.234 e. The normalized spacial score (nSPS) is 13.4. The summed E-state index contributed by atoms with van der Waals surface area (Å²) in [6, 6.07) is 9.06. The fourth-order valence-corrected chi connectivity index (χ4v) is 2.40. The molecule has 5 heteroatoms. The minimum atomic E-state index is -3.49. The van der Waals surface area contributed by atoms with Crippen molar-refractivity contribution in [3.63, 3.8) is 0 Å². The first-order chi connectivity index (χ1) is 8.43. The molecule has 0 aliphatic rings. The topological polar surface area (TPSA) is 70.0 Å². The molecule has 0 aliphatic heterocycles. The van der Waals surface area contributed by atoms with E-state index in [1.54, 1.807) is 6.92 Å². The standard InChI is InChI=1S/C13H16N2O2S/c1-11-3-5-13(6-4-11)8-10-18(16,17)15-12(2)7-9-14/h3-6,8,10,12,15H,7H2,1-2H3/b10-8-/t12-/m0/s1. The molecule has 0 spiro atoms. The van der Waals surface area contributed by atoms with Crippen molar-refractivity contribution in [2.24, 2.45) is 0 Å². The van der Waals surface area contributed by atoms with E-state index in [4.69, 9.17) is 5.26 Å². The second-order valence-corrected chi connectivity index (χ2v) is 5.74. The summed E-state index contributed by atoms with van der Waals surface area (Å²) in [6.07, 6.45) is 1.68. The molecule has 0 aliphatic carbocycles. The van der Waals surface area contributed by atoms with Crippen LogP contribution in [0.3, 0.4) is 0 Å². The number of benzene rings is 1. The molecule has 0 amide bonds. The number of aryl methyl sites for hydroxylation is 1. The summed E-state index contributed by atoms with van der Waals surface area (Å²) in [4.78, 5) is 0. The highest BCUT2D eigenvalue weighted by Crippen LogP contribution is 2.06. The highest BCUT2D eigenvalue weighted by molar-refractivity contribution is 7.92. The highest BCUT2D eigenvalue weighted by Gasteiger charge is 2.10. The zero-order valence-electron chi connectivity index (χ0n) is 10.4. The Hall–Kier alpha value is -1.64. The van der Waals surface area contributed by atoms with E-state index in [9.17, 15) is 8.42 Å². The Bertz CT molecular complexity index is 554. The van der Waals surface area contributed by atoms with Gasteiger partial charge in [-0.3, -0.25) is 0 Å². The zero-order chi connectivity index (χ0) is 13.6. The molecule has 1 aromatic rings. The Kier molecular flexibility index (Phi) is 5.08. The lowest BCUT2D eigenvalue weighted by atomic mass is 10.2. The third-order valence-electron chi connectivity index (χ3n) is 2.28. The fourth-order valence-electron chi connectivity index (χ4n) is 1.34. The van der Waals surface area contributed by atoms with E-state index in [-0.39, 0.29) is 12.5 Å². The average Bonchev–Trinajstić information content (AvgIpc) is 2.28. The third kappa shape index (κ3) is 5.13. The van der Waals surface area contributed by atoms with Gasteiger partial charge in [-0.25, -0.2) is 13.1 Å². The van der Waals surface area contributed by atoms with Gasteiger partial charge in [0.25, 0.3) is 0 Å². The van der Waals surface area contributed by atoms with Gasteiger partial charge in [-0.2, -0.15) is 5.26 Å². The van der Waals surface area contributed by atoms with Crippen LogP contribution in [0.4, 0.5) is 0 Å². The predicted octanol–water partition coefficient (Wildman–Crippen LogP) is 2.19. The smallest absolute Gasteiger partial charge is 0.208 e. The number of hydrogen-bond donors (Lipinski definition) is 1. The maximum atomic E-state index is 11.6. The van der Waals surface area contributed by atoms with Crippen molar-refractivity contribution in [1.29, 1.82) is 5.26 Å². The molecule has 0 unspecified atom stereocenters. The fraction of sp³-hybridized carbons (Fsp3) is 0.308. The van der Waals surface area contributed by atoms with Gasteiger partial charge in [0.1, 0.15) is 0 Å². The number of hydrogen-bond acceptors (Lipinski definition) is 3. The number of sulfonamides is 1. The summed E-state index contributed by atoms with van der Waals surface area (Å²) in [6.45, 7) is 3.62. The number of nitrogens with zero attached hydrogens (tertiary/aromatic N) is 1.